The quantitative estimate of drug-likeness (QED) is 0.297. The Kier molecular flexibility index (Phi) is 6.38. The maximum absolute atomic E-state index is 13.2. The van der Waals surface area contributed by atoms with E-state index in [1.54, 1.807) is 36.5 Å². The van der Waals surface area contributed by atoms with Gasteiger partial charge < -0.3 is 21.3 Å². The smallest absolute Gasteiger partial charge is 0.323 e. The SMILES string of the molecule is O=C(Nc1ccc(Nc2cc(Nc3ccccn3)ncn2)cc1)Nc1ccc(F)c(Cl)c1. The molecule has 10 heteroatoms. The lowest BCUT2D eigenvalue weighted by atomic mass is 10.2. The van der Waals surface area contributed by atoms with Gasteiger partial charge >= 0.3 is 6.03 Å². The topological polar surface area (TPSA) is 104 Å². The van der Waals surface area contributed by atoms with E-state index in [1.165, 1.54) is 24.5 Å². The standard InChI is InChI=1S/C22H17ClFN7O/c23-17-11-16(8-9-18(17)24)30-22(32)29-15-6-4-14(5-7-15)28-20-12-21(27-13-26-20)31-19-3-1-2-10-25-19/h1-13H,(H2,29,30,32)(H2,25,26,27,28,31). The molecule has 8 nitrogen and oxygen atoms in total. The second-order valence-electron chi connectivity index (χ2n) is 6.54. The highest BCUT2D eigenvalue weighted by atomic mass is 35.5. The van der Waals surface area contributed by atoms with Gasteiger partial charge in [-0.15, -0.1) is 0 Å². The summed E-state index contributed by atoms with van der Waals surface area (Å²) in [6.45, 7) is 0. The van der Waals surface area contributed by atoms with Crippen LogP contribution >= 0.6 is 11.6 Å². The Morgan fingerprint density at radius 1 is 0.750 bits per heavy atom. The van der Waals surface area contributed by atoms with Gasteiger partial charge in [-0.05, 0) is 54.6 Å². The van der Waals surface area contributed by atoms with Crippen molar-refractivity contribution in [1.29, 1.82) is 0 Å². The summed E-state index contributed by atoms with van der Waals surface area (Å²) in [5.74, 6) is 1.31. The lowest BCUT2D eigenvalue weighted by molar-refractivity contribution is 0.262. The first-order chi connectivity index (χ1) is 15.5. The van der Waals surface area contributed by atoms with E-state index in [0.29, 0.717) is 28.8 Å². The molecule has 0 fully saturated rings. The number of nitrogens with zero attached hydrogens (tertiary/aromatic N) is 3. The van der Waals surface area contributed by atoms with Crippen molar-refractivity contribution in [1.82, 2.24) is 15.0 Å². The van der Waals surface area contributed by atoms with Gasteiger partial charge in [-0.25, -0.2) is 24.1 Å². The molecule has 0 unspecified atom stereocenters. The zero-order valence-corrected chi connectivity index (χ0v) is 17.3. The van der Waals surface area contributed by atoms with Crippen molar-refractivity contribution < 1.29 is 9.18 Å². The molecule has 2 amide bonds. The summed E-state index contributed by atoms with van der Waals surface area (Å²) >= 11 is 5.72. The average Bonchev–Trinajstić information content (AvgIpc) is 2.79. The molecule has 0 saturated carbocycles. The van der Waals surface area contributed by atoms with Gasteiger partial charge in [0.2, 0.25) is 0 Å². The molecule has 0 atom stereocenters. The summed E-state index contributed by atoms with van der Waals surface area (Å²) in [6, 6.07) is 17.8. The van der Waals surface area contributed by atoms with Gasteiger partial charge in [-0.2, -0.15) is 0 Å². The van der Waals surface area contributed by atoms with Crippen molar-refractivity contribution in [2.45, 2.75) is 0 Å². The summed E-state index contributed by atoms with van der Waals surface area (Å²) in [5.41, 5.74) is 1.72. The van der Waals surface area contributed by atoms with Gasteiger partial charge in [0.1, 0.15) is 29.6 Å². The predicted molar refractivity (Wildman–Crippen MR) is 123 cm³/mol. The molecule has 2 aromatic carbocycles. The number of carbonyl (C=O) groups excluding carboxylic acids is 1. The minimum atomic E-state index is -0.552. The fourth-order valence-corrected chi connectivity index (χ4v) is 2.89. The van der Waals surface area contributed by atoms with Gasteiger partial charge in [-0.3, -0.25) is 0 Å². The van der Waals surface area contributed by atoms with E-state index in [9.17, 15) is 9.18 Å². The van der Waals surface area contributed by atoms with E-state index < -0.39 is 11.8 Å². The number of nitrogens with one attached hydrogen (secondary N) is 4. The number of urea groups is 1. The molecule has 4 rings (SSSR count). The fourth-order valence-electron chi connectivity index (χ4n) is 2.71. The fraction of sp³-hybridized carbons (Fsp3) is 0. The van der Waals surface area contributed by atoms with Gasteiger partial charge in [0.25, 0.3) is 0 Å². The van der Waals surface area contributed by atoms with Crippen LogP contribution in [0.15, 0.2) is 79.3 Å². The number of anilines is 6. The van der Waals surface area contributed by atoms with Crippen LogP contribution in [0.1, 0.15) is 0 Å². The predicted octanol–water partition coefficient (Wildman–Crippen LogP) is 5.80. The Hall–Kier alpha value is -4.24. The first-order valence-corrected chi connectivity index (χ1v) is 9.83. The summed E-state index contributed by atoms with van der Waals surface area (Å²) in [5, 5.41) is 11.5. The number of halogens is 2. The second kappa shape index (κ2) is 9.71. The van der Waals surface area contributed by atoms with Crippen LogP contribution in [0.25, 0.3) is 0 Å². The third-order valence-corrected chi connectivity index (χ3v) is 4.47. The minimum Gasteiger partial charge on any atom is -0.340 e. The molecule has 0 saturated heterocycles. The van der Waals surface area contributed by atoms with Gasteiger partial charge in [0, 0.05) is 29.3 Å². The Bertz CT molecular complexity index is 1220. The number of carbonyl (C=O) groups is 1. The van der Waals surface area contributed by atoms with E-state index in [-0.39, 0.29) is 5.02 Å². The first-order valence-electron chi connectivity index (χ1n) is 9.45. The van der Waals surface area contributed by atoms with Crippen molar-refractivity contribution in [3.63, 3.8) is 0 Å². The van der Waals surface area contributed by atoms with Crippen LogP contribution < -0.4 is 21.3 Å². The second-order valence-corrected chi connectivity index (χ2v) is 6.95. The number of hydrogen-bond acceptors (Lipinski definition) is 6. The Morgan fingerprint density at radius 3 is 2.16 bits per heavy atom. The number of rotatable bonds is 6. The number of amides is 2. The van der Waals surface area contributed by atoms with Crippen molar-refractivity contribution in [3.8, 4) is 0 Å². The third-order valence-electron chi connectivity index (χ3n) is 4.18. The van der Waals surface area contributed by atoms with Crippen LogP contribution in [0.4, 0.5) is 43.7 Å². The van der Waals surface area contributed by atoms with E-state index in [1.807, 2.05) is 18.2 Å². The Morgan fingerprint density at radius 2 is 1.44 bits per heavy atom. The minimum absolute atomic E-state index is 0.0682. The molecule has 32 heavy (non-hydrogen) atoms. The molecular formula is C22H17ClFN7O. The zero-order valence-electron chi connectivity index (χ0n) is 16.5. The summed E-state index contributed by atoms with van der Waals surface area (Å²) in [7, 11) is 0. The van der Waals surface area contributed by atoms with E-state index >= 15 is 0 Å². The normalized spacial score (nSPS) is 10.3. The largest absolute Gasteiger partial charge is 0.340 e. The van der Waals surface area contributed by atoms with Crippen molar-refractivity contribution in [3.05, 3.63) is 90.1 Å². The van der Waals surface area contributed by atoms with Crippen LogP contribution in [0, 0.1) is 5.82 Å². The van der Waals surface area contributed by atoms with E-state index in [4.69, 9.17) is 11.6 Å². The molecule has 0 radical (unpaired) electrons. The molecule has 2 heterocycles. The van der Waals surface area contributed by atoms with Crippen LogP contribution in [0.5, 0.6) is 0 Å². The molecule has 0 bridgehead atoms. The van der Waals surface area contributed by atoms with Crippen molar-refractivity contribution in [2.24, 2.45) is 0 Å². The van der Waals surface area contributed by atoms with Crippen LogP contribution in [0.2, 0.25) is 5.02 Å². The lowest BCUT2D eigenvalue weighted by Crippen LogP contribution is -2.19. The lowest BCUT2D eigenvalue weighted by Gasteiger charge is -2.10. The highest BCUT2D eigenvalue weighted by molar-refractivity contribution is 6.31. The van der Waals surface area contributed by atoms with E-state index in [0.717, 1.165) is 5.69 Å². The van der Waals surface area contributed by atoms with Crippen LogP contribution in [-0.2, 0) is 0 Å². The molecule has 0 spiro atoms. The number of aromatic nitrogens is 3. The monoisotopic (exact) mass is 449 g/mol. The van der Waals surface area contributed by atoms with Crippen molar-refractivity contribution >= 4 is 52.1 Å². The maximum Gasteiger partial charge on any atom is 0.323 e. The van der Waals surface area contributed by atoms with E-state index in [2.05, 4.69) is 36.2 Å². The molecule has 0 aliphatic carbocycles. The molecule has 0 aliphatic heterocycles. The number of pyridine rings is 1. The van der Waals surface area contributed by atoms with Gasteiger partial charge in [-0.1, -0.05) is 17.7 Å². The van der Waals surface area contributed by atoms with Crippen LogP contribution in [0.3, 0.4) is 0 Å². The molecule has 4 N–H and O–H groups in total. The highest BCUT2D eigenvalue weighted by Gasteiger charge is 2.06. The highest BCUT2D eigenvalue weighted by Crippen LogP contribution is 2.21. The summed E-state index contributed by atoms with van der Waals surface area (Å²) < 4.78 is 13.2. The van der Waals surface area contributed by atoms with Gasteiger partial charge in [0.05, 0.1) is 5.02 Å². The zero-order chi connectivity index (χ0) is 22.3. The molecule has 0 aliphatic rings. The van der Waals surface area contributed by atoms with Crippen molar-refractivity contribution in [2.75, 3.05) is 21.3 Å². The molecule has 160 valence electrons. The summed E-state index contributed by atoms with van der Waals surface area (Å²) in [6.07, 6.45) is 3.13. The Labute approximate surface area is 187 Å². The van der Waals surface area contributed by atoms with Crippen LogP contribution in [-0.4, -0.2) is 21.0 Å². The third kappa shape index (κ3) is 5.67. The molecular weight excluding hydrogens is 433 g/mol. The molecule has 2 aromatic heterocycles. The first kappa shape index (κ1) is 21.0. The van der Waals surface area contributed by atoms with Gasteiger partial charge in [0.15, 0.2) is 0 Å². The number of hydrogen-bond donors (Lipinski definition) is 4. The maximum atomic E-state index is 13.2. The average molecular weight is 450 g/mol. The Balaban J connectivity index is 1.35. The summed E-state index contributed by atoms with van der Waals surface area (Å²) in [4.78, 5) is 24.7. The molecule has 4 aromatic rings. The number of benzene rings is 2.